The van der Waals surface area contributed by atoms with Gasteiger partial charge in [0.1, 0.15) is 6.54 Å². The van der Waals surface area contributed by atoms with Gasteiger partial charge in [-0.05, 0) is 49.8 Å². The molecule has 7 nitrogen and oxygen atoms in total. The number of benzene rings is 2. The van der Waals surface area contributed by atoms with Crippen molar-refractivity contribution in [1.82, 2.24) is 19.7 Å². The van der Waals surface area contributed by atoms with Gasteiger partial charge in [-0.25, -0.2) is 4.79 Å². The second-order valence-corrected chi connectivity index (χ2v) is 7.96. The molecule has 31 heavy (non-hydrogen) atoms. The number of rotatable bonds is 9. The minimum Gasteiger partial charge on any atom is -0.347 e. The van der Waals surface area contributed by atoms with Crippen LogP contribution in [-0.2, 0) is 17.9 Å². The number of fused-ring (bicyclic) bond motifs is 1. The summed E-state index contributed by atoms with van der Waals surface area (Å²) in [5.74, 6) is 0.0356. The molecule has 1 aromatic heterocycles. The molecule has 0 atom stereocenters. The number of carbonyl (C=O) groups excluding carboxylic acids is 2. The summed E-state index contributed by atoms with van der Waals surface area (Å²) in [6, 6.07) is 17.8. The van der Waals surface area contributed by atoms with Crippen LogP contribution in [0.15, 0.2) is 60.8 Å². The number of hydrogen-bond acceptors (Lipinski definition) is 3. The van der Waals surface area contributed by atoms with Gasteiger partial charge >= 0.3 is 6.03 Å². The van der Waals surface area contributed by atoms with E-state index in [1.54, 1.807) is 19.0 Å². The fourth-order valence-corrected chi connectivity index (χ4v) is 3.40. The molecule has 3 aromatic rings. The van der Waals surface area contributed by atoms with E-state index in [0.717, 1.165) is 36.1 Å². The zero-order chi connectivity index (χ0) is 22.2. The van der Waals surface area contributed by atoms with E-state index in [9.17, 15) is 9.59 Å². The monoisotopic (exact) mass is 421 g/mol. The molecule has 1 heterocycles. The van der Waals surface area contributed by atoms with Crippen molar-refractivity contribution in [2.75, 3.05) is 39.5 Å². The van der Waals surface area contributed by atoms with E-state index in [0.29, 0.717) is 13.1 Å². The lowest BCUT2D eigenvalue weighted by atomic mass is 10.2. The highest BCUT2D eigenvalue weighted by Gasteiger charge is 2.09. The van der Waals surface area contributed by atoms with E-state index >= 15 is 0 Å². The molecule has 0 fully saturated rings. The molecule has 2 aromatic carbocycles. The fourth-order valence-electron chi connectivity index (χ4n) is 3.40. The lowest BCUT2D eigenvalue weighted by Crippen LogP contribution is -2.31. The second-order valence-electron chi connectivity index (χ2n) is 7.96. The Labute approximate surface area is 183 Å². The first kappa shape index (κ1) is 22.4. The quantitative estimate of drug-likeness (QED) is 0.521. The van der Waals surface area contributed by atoms with Crippen LogP contribution < -0.4 is 10.6 Å². The van der Waals surface area contributed by atoms with Gasteiger partial charge in [0.15, 0.2) is 0 Å². The predicted octanol–water partition coefficient (Wildman–Crippen LogP) is 3.37. The zero-order valence-corrected chi connectivity index (χ0v) is 18.5. The Morgan fingerprint density at radius 1 is 1.00 bits per heavy atom. The van der Waals surface area contributed by atoms with Crippen molar-refractivity contribution in [3.8, 4) is 0 Å². The maximum Gasteiger partial charge on any atom is 0.319 e. The molecule has 7 heteroatoms. The highest BCUT2D eigenvalue weighted by molar-refractivity contribution is 5.93. The summed E-state index contributed by atoms with van der Waals surface area (Å²) in [6.07, 6.45) is 2.76. The molecule has 0 aliphatic heterocycles. The van der Waals surface area contributed by atoms with Crippen LogP contribution in [-0.4, -0.2) is 60.5 Å². The number of nitrogens with one attached hydrogen (secondary N) is 2. The molecule has 0 radical (unpaired) electrons. The molecule has 0 spiro atoms. The van der Waals surface area contributed by atoms with E-state index in [-0.39, 0.29) is 11.9 Å². The molecular weight excluding hydrogens is 390 g/mol. The van der Waals surface area contributed by atoms with E-state index in [4.69, 9.17) is 0 Å². The maximum atomic E-state index is 12.2. The summed E-state index contributed by atoms with van der Waals surface area (Å²) in [6.45, 7) is 2.70. The van der Waals surface area contributed by atoms with E-state index in [1.165, 1.54) is 5.56 Å². The zero-order valence-electron chi connectivity index (χ0n) is 18.5. The lowest BCUT2D eigenvalue weighted by molar-refractivity contribution is -0.129. The number of urea groups is 1. The van der Waals surface area contributed by atoms with Crippen LogP contribution >= 0.6 is 0 Å². The van der Waals surface area contributed by atoms with Crippen LogP contribution in [0.3, 0.4) is 0 Å². The number of anilines is 1. The second kappa shape index (κ2) is 10.6. The Kier molecular flexibility index (Phi) is 7.67. The van der Waals surface area contributed by atoms with Crippen LogP contribution in [0, 0.1) is 0 Å². The molecule has 2 N–H and O–H groups in total. The molecule has 164 valence electrons. The van der Waals surface area contributed by atoms with Crippen LogP contribution in [0.4, 0.5) is 10.5 Å². The first-order valence-corrected chi connectivity index (χ1v) is 10.5. The summed E-state index contributed by atoms with van der Waals surface area (Å²) in [5, 5.41) is 6.77. The number of carbonyl (C=O) groups is 2. The molecule has 0 aliphatic rings. The standard InChI is InChI=1S/C24H31N5O2/c1-27(2)23(30)18-29-15-12-20-16-21(10-11-22(20)29)26-24(31)25-13-7-14-28(3)17-19-8-5-4-6-9-19/h4-6,8-12,15-16H,7,13-14,17-18H2,1-3H3,(H2,25,26,31). The average molecular weight is 422 g/mol. The average Bonchev–Trinajstić information content (AvgIpc) is 3.14. The van der Waals surface area contributed by atoms with Gasteiger partial charge in [-0.1, -0.05) is 30.3 Å². The van der Waals surface area contributed by atoms with Gasteiger partial charge in [0.05, 0.1) is 0 Å². The van der Waals surface area contributed by atoms with Crippen molar-refractivity contribution in [1.29, 1.82) is 0 Å². The molecule has 3 amide bonds. The highest BCUT2D eigenvalue weighted by atomic mass is 16.2. The van der Waals surface area contributed by atoms with Crippen molar-refractivity contribution in [3.05, 3.63) is 66.4 Å². The normalized spacial score (nSPS) is 11.0. The third-order valence-electron chi connectivity index (χ3n) is 5.13. The van der Waals surface area contributed by atoms with Gasteiger partial charge < -0.3 is 25.0 Å². The summed E-state index contributed by atoms with van der Waals surface area (Å²) in [7, 11) is 5.58. The molecule has 0 bridgehead atoms. The van der Waals surface area contributed by atoms with Gasteiger partial charge in [0, 0.05) is 50.0 Å². The van der Waals surface area contributed by atoms with Gasteiger partial charge in [0.25, 0.3) is 0 Å². The van der Waals surface area contributed by atoms with Crippen molar-refractivity contribution in [2.45, 2.75) is 19.5 Å². The fraction of sp³-hybridized carbons (Fsp3) is 0.333. The third kappa shape index (κ3) is 6.58. The van der Waals surface area contributed by atoms with Crippen molar-refractivity contribution < 1.29 is 9.59 Å². The van der Waals surface area contributed by atoms with E-state index in [2.05, 4.69) is 34.7 Å². The Balaban J connectivity index is 1.43. The highest BCUT2D eigenvalue weighted by Crippen LogP contribution is 2.20. The molecular formula is C24H31N5O2. The smallest absolute Gasteiger partial charge is 0.319 e. The third-order valence-corrected chi connectivity index (χ3v) is 5.13. The Morgan fingerprint density at radius 3 is 2.52 bits per heavy atom. The number of amides is 3. The number of likely N-dealkylation sites (N-methyl/N-ethyl adjacent to an activating group) is 1. The minimum atomic E-state index is -0.215. The largest absolute Gasteiger partial charge is 0.347 e. The Bertz CT molecular complexity index is 1010. The summed E-state index contributed by atoms with van der Waals surface area (Å²) in [5.41, 5.74) is 2.97. The summed E-state index contributed by atoms with van der Waals surface area (Å²) in [4.78, 5) is 28.0. The topological polar surface area (TPSA) is 69.6 Å². The van der Waals surface area contributed by atoms with Gasteiger partial charge in [0.2, 0.25) is 5.91 Å². The maximum absolute atomic E-state index is 12.2. The van der Waals surface area contributed by atoms with Gasteiger partial charge in [-0.15, -0.1) is 0 Å². The molecule has 0 aliphatic carbocycles. The van der Waals surface area contributed by atoms with Crippen LogP contribution in [0.2, 0.25) is 0 Å². The number of aromatic nitrogens is 1. The first-order valence-electron chi connectivity index (χ1n) is 10.5. The SMILES string of the molecule is CN(CCCNC(=O)Nc1ccc2c(ccn2CC(=O)N(C)C)c1)Cc1ccccc1. The summed E-state index contributed by atoms with van der Waals surface area (Å²) < 4.78 is 1.91. The lowest BCUT2D eigenvalue weighted by Gasteiger charge is -2.16. The first-order chi connectivity index (χ1) is 14.9. The molecule has 0 saturated heterocycles. The van der Waals surface area contributed by atoms with Crippen LogP contribution in [0.5, 0.6) is 0 Å². The number of nitrogens with zero attached hydrogens (tertiary/aromatic N) is 3. The number of hydrogen-bond donors (Lipinski definition) is 2. The van der Waals surface area contributed by atoms with E-state index in [1.807, 2.05) is 53.2 Å². The molecule has 0 unspecified atom stereocenters. The van der Waals surface area contributed by atoms with E-state index < -0.39 is 0 Å². The molecule has 0 saturated carbocycles. The summed E-state index contributed by atoms with van der Waals surface area (Å²) >= 11 is 0. The minimum absolute atomic E-state index is 0.0356. The van der Waals surface area contributed by atoms with Gasteiger partial charge in [-0.2, -0.15) is 0 Å². The predicted molar refractivity (Wildman–Crippen MR) is 125 cm³/mol. The van der Waals surface area contributed by atoms with Crippen molar-refractivity contribution >= 4 is 28.5 Å². The molecule has 3 rings (SSSR count). The Morgan fingerprint density at radius 2 is 1.77 bits per heavy atom. The van der Waals surface area contributed by atoms with Crippen LogP contribution in [0.1, 0.15) is 12.0 Å². The van der Waals surface area contributed by atoms with Gasteiger partial charge in [-0.3, -0.25) is 4.79 Å². The Hall–Kier alpha value is -3.32. The van der Waals surface area contributed by atoms with Crippen molar-refractivity contribution in [2.24, 2.45) is 0 Å². The van der Waals surface area contributed by atoms with Crippen LogP contribution in [0.25, 0.3) is 10.9 Å². The van der Waals surface area contributed by atoms with Crippen molar-refractivity contribution in [3.63, 3.8) is 0 Å².